The van der Waals surface area contributed by atoms with Gasteiger partial charge in [-0.2, -0.15) is 0 Å². The first-order valence-electron chi connectivity index (χ1n) is 4.29. The molecule has 0 bridgehead atoms. The standard InChI is InChI=1S/C10H6ClF3O/c11-8-5(2-1-3-7(8)12)9(15)6-4-10(6,13)14/h1-3,6H,4H2. The Labute approximate surface area is 88.8 Å². The lowest BCUT2D eigenvalue weighted by Gasteiger charge is -2.02. The second-order valence-electron chi connectivity index (χ2n) is 3.48. The molecular weight excluding hydrogens is 229 g/mol. The molecule has 1 aromatic rings. The smallest absolute Gasteiger partial charge is 0.259 e. The van der Waals surface area contributed by atoms with Crippen LogP contribution in [0.5, 0.6) is 0 Å². The molecule has 5 heteroatoms. The predicted molar refractivity (Wildman–Crippen MR) is 48.8 cm³/mol. The summed E-state index contributed by atoms with van der Waals surface area (Å²) >= 11 is 5.51. The van der Waals surface area contributed by atoms with Gasteiger partial charge in [0.15, 0.2) is 5.78 Å². The zero-order valence-electron chi connectivity index (χ0n) is 7.44. The highest BCUT2D eigenvalue weighted by Gasteiger charge is 2.61. The van der Waals surface area contributed by atoms with Crippen LogP contribution in [-0.4, -0.2) is 11.7 Å². The van der Waals surface area contributed by atoms with E-state index < -0.39 is 29.9 Å². The molecule has 0 aliphatic heterocycles. The van der Waals surface area contributed by atoms with Gasteiger partial charge in [0, 0.05) is 12.0 Å². The van der Waals surface area contributed by atoms with Crippen LogP contribution >= 0.6 is 11.6 Å². The first-order chi connectivity index (χ1) is 6.93. The van der Waals surface area contributed by atoms with Gasteiger partial charge in [0.05, 0.1) is 10.9 Å². The van der Waals surface area contributed by atoms with Gasteiger partial charge < -0.3 is 0 Å². The van der Waals surface area contributed by atoms with E-state index in [0.29, 0.717) is 0 Å². The van der Waals surface area contributed by atoms with Crippen LogP contribution in [0.25, 0.3) is 0 Å². The lowest BCUT2D eigenvalue weighted by molar-refractivity contribution is 0.0757. The van der Waals surface area contributed by atoms with Crippen LogP contribution in [0.3, 0.4) is 0 Å². The molecule has 1 aromatic carbocycles. The minimum absolute atomic E-state index is 0.168. The number of hydrogen-bond acceptors (Lipinski definition) is 1. The normalized spacial score (nSPS) is 22.5. The van der Waals surface area contributed by atoms with Crippen molar-refractivity contribution in [3.8, 4) is 0 Å². The number of carbonyl (C=O) groups is 1. The Hall–Kier alpha value is -1.03. The molecule has 1 saturated carbocycles. The molecule has 0 heterocycles. The maximum absolute atomic E-state index is 12.9. The molecule has 0 aromatic heterocycles. The van der Waals surface area contributed by atoms with Crippen molar-refractivity contribution in [1.82, 2.24) is 0 Å². The third-order valence-electron chi connectivity index (χ3n) is 2.36. The molecule has 2 rings (SSSR count). The van der Waals surface area contributed by atoms with E-state index in [-0.39, 0.29) is 10.6 Å². The second kappa shape index (κ2) is 3.23. The fourth-order valence-corrected chi connectivity index (χ4v) is 1.60. The Kier molecular flexibility index (Phi) is 2.26. The van der Waals surface area contributed by atoms with E-state index in [1.807, 2.05) is 0 Å². The van der Waals surface area contributed by atoms with Crippen LogP contribution in [-0.2, 0) is 0 Å². The number of Topliss-reactive ketones (excluding diaryl/α,β-unsaturated/α-hetero) is 1. The van der Waals surface area contributed by atoms with Crippen molar-refractivity contribution in [2.75, 3.05) is 0 Å². The summed E-state index contributed by atoms with van der Waals surface area (Å²) in [5.41, 5.74) is -0.168. The first kappa shape index (κ1) is 10.5. The van der Waals surface area contributed by atoms with Gasteiger partial charge in [0.2, 0.25) is 0 Å². The maximum atomic E-state index is 12.9. The molecule has 0 saturated heterocycles. The summed E-state index contributed by atoms with van der Waals surface area (Å²) in [5.74, 6) is -5.85. The Bertz CT molecular complexity index is 431. The Morgan fingerprint density at radius 3 is 2.60 bits per heavy atom. The van der Waals surface area contributed by atoms with Crippen molar-refractivity contribution >= 4 is 17.4 Å². The zero-order valence-corrected chi connectivity index (χ0v) is 8.19. The fraction of sp³-hybridized carbons (Fsp3) is 0.300. The monoisotopic (exact) mass is 234 g/mol. The van der Waals surface area contributed by atoms with E-state index in [1.165, 1.54) is 12.1 Å². The summed E-state index contributed by atoms with van der Waals surface area (Å²) in [4.78, 5) is 11.5. The summed E-state index contributed by atoms with van der Waals surface area (Å²) in [6.45, 7) is 0. The number of halogens is 4. The molecule has 1 aliphatic rings. The molecule has 15 heavy (non-hydrogen) atoms. The molecule has 1 aliphatic carbocycles. The predicted octanol–water partition coefficient (Wildman–Crippen LogP) is 3.32. The van der Waals surface area contributed by atoms with E-state index >= 15 is 0 Å². The SMILES string of the molecule is O=C(c1cccc(F)c1Cl)C1CC1(F)F. The van der Waals surface area contributed by atoms with Crippen LogP contribution in [0, 0.1) is 11.7 Å². The van der Waals surface area contributed by atoms with Crippen LogP contribution in [0.2, 0.25) is 5.02 Å². The maximum Gasteiger partial charge on any atom is 0.259 e. The van der Waals surface area contributed by atoms with Gasteiger partial charge >= 0.3 is 0 Å². The number of ketones is 1. The van der Waals surface area contributed by atoms with Gasteiger partial charge in [-0.05, 0) is 12.1 Å². The van der Waals surface area contributed by atoms with Gasteiger partial charge in [-0.3, -0.25) is 4.79 Å². The minimum Gasteiger partial charge on any atom is -0.294 e. The summed E-state index contributed by atoms with van der Waals surface area (Å²) in [5, 5.41) is -0.384. The zero-order chi connectivity index (χ0) is 11.2. The molecule has 1 fully saturated rings. The van der Waals surface area contributed by atoms with E-state index in [4.69, 9.17) is 11.6 Å². The van der Waals surface area contributed by atoms with Gasteiger partial charge in [-0.25, -0.2) is 13.2 Å². The molecule has 1 unspecified atom stereocenters. The van der Waals surface area contributed by atoms with E-state index in [2.05, 4.69) is 0 Å². The van der Waals surface area contributed by atoms with E-state index in [9.17, 15) is 18.0 Å². The highest BCUT2D eigenvalue weighted by Crippen LogP contribution is 2.50. The highest BCUT2D eigenvalue weighted by atomic mass is 35.5. The summed E-state index contributed by atoms with van der Waals surface area (Å²) in [7, 11) is 0. The van der Waals surface area contributed by atoms with Crippen molar-refractivity contribution in [3.63, 3.8) is 0 Å². The van der Waals surface area contributed by atoms with Gasteiger partial charge in [-0.1, -0.05) is 17.7 Å². The number of carbonyl (C=O) groups excluding carboxylic acids is 1. The molecule has 0 N–H and O–H groups in total. The molecule has 0 amide bonds. The Morgan fingerprint density at radius 1 is 1.47 bits per heavy atom. The number of benzene rings is 1. The Morgan fingerprint density at radius 2 is 2.07 bits per heavy atom. The van der Waals surface area contributed by atoms with Crippen molar-refractivity contribution in [1.29, 1.82) is 0 Å². The van der Waals surface area contributed by atoms with Crippen molar-refractivity contribution in [2.45, 2.75) is 12.3 Å². The van der Waals surface area contributed by atoms with Crippen molar-refractivity contribution in [3.05, 3.63) is 34.6 Å². The van der Waals surface area contributed by atoms with E-state index in [1.54, 1.807) is 0 Å². The van der Waals surface area contributed by atoms with E-state index in [0.717, 1.165) is 6.07 Å². The first-order valence-corrected chi connectivity index (χ1v) is 4.67. The Balaban J connectivity index is 2.31. The molecule has 1 nitrogen and oxygen atoms in total. The molecular formula is C10H6ClF3O. The fourth-order valence-electron chi connectivity index (χ4n) is 1.38. The third kappa shape index (κ3) is 1.74. The van der Waals surface area contributed by atoms with Crippen LogP contribution < -0.4 is 0 Å². The van der Waals surface area contributed by atoms with Crippen molar-refractivity contribution < 1.29 is 18.0 Å². The largest absolute Gasteiger partial charge is 0.294 e. The lowest BCUT2D eigenvalue weighted by Crippen LogP contribution is -2.09. The summed E-state index contributed by atoms with van der Waals surface area (Å²) in [6, 6.07) is 3.60. The van der Waals surface area contributed by atoms with Gasteiger partial charge in [-0.15, -0.1) is 0 Å². The number of alkyl halides is 2. The van der Waals surface area contributed by atoms with Gasteiger partial charge in [0.1, 0.15) is 5.82 Å². The quantitative estimate of drug-likeness (QED) is 0.718. The summed E-state index contributed by atoms with van der Waals surface area (Å²) in [6.07, 6.45) is -0.474. The van der Waals surface area contributed by atoms with Crippen LogP contribution in [0.15, 0.2) is 18.2 Å². The minimum atomic E-state index is -2.95. The third-order valence-corrected chi connectivity index (χ3v) is 2.74. The molecule has 1 atom stereocenters. The number of rotatable bonds is 2. The topological polar surface area (TPSA) is 17.1 Å². The lowest BCUT2D eigenvalue weighted by atomic mass is 10.1. The number of hydrogen-bond donors (Lipinski definition) is 0. The van der Waals surface area contributed by atoms with Crippen LogP contribution in [0.1, 0.15) is 16.8 Å². The molecule has 0 radical (unpaired) electrons. The highest BCUT2D eigenvalue weighted by molar-refractivity contribution is 6.34. The van der Waals surface area contributed by atoms with Crippen molar-refractivity contribution in [2.24, 2.45) is 5.92 Å². The molecule has 80 valence electrons. The molecule has 0 spiro atoms. The average molecular weight is 235 g/mol. The average Bonchev–Trinajstić information content (AvgIpc) is 2.79. The van der Waals surface area contributed by atoms with Gasteiger partial charge in [0.25, 0.3) is 5.92 Å². The van der Waals surface area contributed by atoms with Crippen LogP contribution in [0.4, 0.5) is 13.2 Å². The summed E-state index contributed by atoms with van der Waals surface area (Å²) < 4.78 is 38.2. The second-order valence-corrected chi connectivity index (χ2v) is 3.86.